The van der Waals surface area contributed by atoms with Crippen molar-refractivity contribution < 1.29 is 18.0 Å². The lowest BCUT2D eigenvalue weighted by atomic mass is 10.0. The van der Waals surface area contributed by atoms with Crippen molar-refractivity contribution in [2.24, 2.45) is 0 Å². The highest BCUT2D eigenvalue weighted by Gasteiger charge is 2.31. The summed E-state index contributed by atoms with van der Waals surface area (Å²) in [7, 11) is 0. The Hall–Kier alpha value is -2.62. The Balaban J connectivity index is 1.77. The van der Waals surface area contributed by atoms with Crippen LogP contribution in [0.15, 0.2) is 48.8 Å². The number of carbonyl (C=O) groups excluding carboxylic acids is 1. The van der Waals surface area contributed by atoms with Crippen LogP contribution in [-0.2, 0) is 11.0 Å². The zero-order valence-corrected chi connectivity index (χ0v) is 16.1. The Morgan fingerprint density at radius 3 is 2.66 bits per heavy atom. The lowest BCUT2D eigenvalue weighted by Crippen LogP contribution is -2.32. The quantitative estimate of drug-likeness (QED) is 0.525. The van der Waals surface area contributed by atoms with E-state index in [0.717, 1.165) is 12.1 Å². The van der Waals surface area contributed by atoms with Crippen molar-refractivity contribution in [3.63, 3.8) is 0 Å². The molecule has 1 heterocycles. The second-order valence-corrected chi connectivity index (χ2v) is 6.82. The minimum atomic E-state index is -4.50. The van der Waals surface area contributed by atoms with Crippen molar-refractivity contribution in [2.45, 2.75) is 12.2 Å². The second-order valence-electron chi connectivity index (χ2n) is 5.98. The Morgan fingerprint density at radius 1 is 1.17 bits per heavy atom. The molecule has 29 heavy (non-hydrogen) atoms. The topological polar surface area (TPSA) is 82.7 Å². The average Bonchev–Trinajstić information content (AvgIpc) is 3.19. The smallest absolute Gasteiger partial charge is 0.324 e. The fourth-order valence-electron chi connectivity index (χ4n) is 2.60. The number of aromatic nitrogens is 3. The van der Waals surface area contributed by atoms with Crippen LogP contribution in [0.4, 0.5) is 18.9 Å². The molecule has 0 bridgehead atoms. The number of carbonyl (C=O) groups is 1. The summed E-state index contributed by atoms with van der Waals surface area (Å²) in [6.07, 6.45) is -3.27. The summed E-state index contributed by atoms with van der Waals surface area (Å²) < 4.78 is 39.2. The van der Waals surface area contributed by atoms with Crippen molar-refractivity contribution >= 4 is 34.8 Å². The summed E-state index contributed by atoms with van der Waals surface area (Å²) in [5, 5.41) is 12.5. The lowest BCUT2D eigenvalue weighted by Gasteiger charge is -2.18. The van der Waals surface area contributed by atoms with Gasteiger partial charge in [0.1, 0.15) is 12.2 Å². The van der Waals surface area contributed by atoms with E-state index in [-0.39, 0.29) is 17.9 Å². The molecule has 1 aromatic heterocycles. The van der Waals surface area contributed by atoms with Crippen LogP contribution in [0.25, 0.3) is 0 Å². The molecule has 11 heteroatoms. The third-order valence-electron chi connectivity index (χ3n) is 3.92. The number of benzene rings is 2. The van der Waals surface area contributed by atoms with Gasteiger partial charge in [0, 0.05) is 5.02 Å². The standard InChI is InChI=1S/C18H14Cl2F3N5O/c19-12-4-5-13(20)14(7-12)27-15(29)8-24-16(17-25-9-26-28-17)10-2-1-3-11(6-10)18(21,22)23/h1-7,9,16,24H,8H2,(H,27,29)(H,25,26,28). The Kier molecular flexibility index (Phi) is 6.41. The number of nitrogens with one attached hydrogen (secondary N) is 3. The third-order valence-corrected chi connectivity index (χ3v) is 4.49. The molecule has 0 saturated heterocycles. The van der Waals surface area contributed by atoms with Gasteiger partial charge in [-0.2, -0.15) is 18.3 Å². The molecule has 152 valence electrons. The monoisotopic (exact) mass is 443 g/mol. The first-order chi connectivity index (χ1) is 13.7. The van der Waals surface area contributed by atoms with E-state index in [4.69, 9.17) is 23.2 Å². The van der Waals surface area contributed by atoms with Crippen LogP contribution in [-0.4, -0.2) is 27.6 Å². The molecule has 3 rings (SSSR count). The molecular weight excluding hydrogens is 430 g/mol. The summed E-state index contributed by atoms with van der Waals surface area (Å²) in [4.78, 5) is 16.3. The molecule has 3 N–H and O–H groups in total. The highest BCUT2D eigenvalue weighted by molar-refractivity contribution is 6.35. The number of alkyl halides is 3. The molecule has 0 saturated carbocycles. The summed E-state index contributed by atoms with van der Waals surface area (Å²) >= 11 is 11.9. The van der Waals surface area contributed by atoms with Gasteiger partial charge in [-0.05, 0) is 35.9 Å². The van der Waals surface area contributed by atoms with Gasteiger partial charge in [-0.15, -0.1) is 0 Å². The summed E-state index contributed by atoms with van der Waals surface area (Å²) in [5.74, 6) is -0.205. The van der Waals surface area contributed by atoms with Crippen molar-refractivity contribution in [3.8, 4) is 0 Å². The van der Waals surface area contributed by atoms with Crippen molar-refractivity contribution in [1.29, 1.82) is 0 Å². The highest BCUT2D eigenvalue weighted by atomic mass is 35.5. The van der Waals surface area contributed by atoms with E-state index in [1.807, 2.05) is 0 Å². The number of hydrogen-bond donors (Lipinski definition) is 3. The van der Waals surface area contributed by atoms with E-state index in [9.17, 15) is 18.0 Å². The number of anilines is 1. The van der Waals surface area contributed by atoms with Crippen LogP contribution < -0.4 is 10.6 Å². The third kappa shape index (κ3) is 5.47. The molecule has 0 aliphatic rings. The van der Waals surface area contributed by atoms with Crippen LogP contribution in [0.2, 0.25) is 10.0 Å². The molecule has 0 spiro atoms. The SMILES string of the molecule is O=C(CNC(c1cccc(C(F)(F)F)c1)c1ncn[nH]1)Nc1cc(Cl)ccc1Cl. The number of amides is 1. The minimum Gasteiger partial charge on any atom is -0.324 e. The first-order valence-electron chi connectivity index (χ1n) is 8.25. The predicted molar refractivity (Wildman–Crippen MR) is 103 cm³/mol. The van der Waals surface area contributed by atoms with E-state index in [1.54, 1.807) is 6.07 Å². The zero-order chi connectivity index (χ0) is 21.0. The number of nitrogens with zero attached hydrogens (tertiary/aromatic N) is 2. The van der Waals surface area contributed by atoms with E-state index in [2.05, 4.69) is 25.8 Å². The first-order valence-corrected chi connectivity index (χ1v) is 9.00. The highest BCUT2D eigenvalue weighted by Crippen LogP contribution is 2.31. The number of H-pyrrole nitrogens is 1. The molecule has 0 radical (unpaired) electrons. The van der Waals surface area contributed by atoms with E-state index in [1.165, 1.54) is 30.6 Å². The molecule has 2 aromatic carbocycles. The predicted octanol–water partition coefficient (Wildman–Crippen LogP) is 4.45. The molecular formula is C18H14Cl2F3N5O. The Morgan fingerprint density at radius 2 is 1.97 bits per heavy atom. The number of hydrogen-bond acceptors (Lipinski definition) is 4. The number of aromatic amines is 1. The summed E-state index contributed by atoms with van der Waals surface area (Å²) in [6, 6.07) is 8.53. The van der Waals surface area contributed by atoms with E-state index in [0.29, 0.717) is 15.7 Å². The zero-order valence-electron chi connectivity index (χ0n) is 14.6. The summed E-state index contributed by atoms with van der Waals surface area (Å²) in [5.41, 5.74) is -0.220. The van der Waals surface area contributed by atoms with Crippen LogP contribution in [0.3, 0.4) is 0 Å². The van der Waals surface area contributed by atoms with Gasteiger partial charge >= 0.3 is 6.18 Å². The maximum Gasteiger partial charge on any atom is 0.416 e. The number of halogens is 5. The first kappa shape index (κ1) is 21.1. The molecule has 1 atom stereocenters. The lowest BCUT2D eigenvalue weighted by molar-refractivity contribution is -0.137. The molecule has 0 aliphatic heterocycles. The van der Waals surface area contributed by atoms with Crippen LogP contribution in [0, 0.1) is 0 Å². The molecule has 0 aliphatic carbocycles. The van der Waals surface area contributed by atoms with Crippen LogP contribution in [0.1, 0.15) is 23.0 Å². The maximum absolute atomic E-state index is 13.1. The van der Waals surface area contributed by atoms with E-state index >= 15 is 0 Å². The van der Waals surface area contributed by atoms with Gasteiger partial charge in [0.15, 0.2) is 0 Å². The van der Waals surface area contributed by atoms with Crippen LogP contribution >= 0.6 is 23.2 Å². The van der Waals surface area contributed by atoms with Gasteiger partial charge in [-0.3, -0.25) is 15.2 Å². The van der Waals surface area contributed by atoms with Gasteiger partial charge in [0.25, 0.3) is 0 Å². The summed E-state index contributed by atoms with van der Waals surface area (Å²) in [6.45, 7) is -0.232. The van der Waals surface area contributed by atoms with Crippen molar-refractivity contribution in [2.75, 3.05) is 11.9 Å². The average molecular weight is 444 g/mol. The second kappa shape index (κ2) is 8.81. The fourth-order valence-corrected chi connectivity index (χ4v) is 2.94. The van der Waals surface area contributed by atoms with E-state index < -0.39 is 23.7 Å². The maximum atomic E-state index is 13.1. The van der Waals surface area contributed by atoms with Gasteiger partial charge in [0.05, 0.1) is 28.9 Å². The minimum absolute atomic E-state index is 0.232. The fraction of sp³-hybridized carbons (Fsp3) is 0.167. The molecule has 6 nitrogen and oxygen atoms in total. The van der Waals surface area contributed by atoms with Gasteiger partial charge in [0.2, 0.25) is 5.91 Å². The van der Waals surface area contributed by atoms with Crippen molar-refractivity contribution in [1.82, 2.24) is 20.5 Å². The van der Waals surface area contributed by atoms with Gasteiger partial charge in [-0.1, -0.05) is 35.3 Å². The van der Waals surface area contributed by atoms with Crippen molar-refractivity contribution in [3.05, 3.63) is 75.8 Å². The Labute approximate surface area is 173 Å². The normalized spacial score (nSPS) is 12.6. The largest absolute Gasteiger partial charge is 0.416 e. The van der Waals surface area contributed by atoms with Gasteiger partial charge in [-0.25, -0.2) is 4.98 Å². The molecule has 0 fully saturated rings. The molecule has 3 aromatic rings. The Bertz CT molecular complexity index is 995. The van der Waals surface area contributed by atoms with Crippen LogP contribution in [0.5, 0.6) is 0 Å². The molecule has 1 amide bonds. The molecule has 1 unspecified atom stereocenters. The number of rotatable bonds is 6. The van der Waals surface area contributed by atoms with Gasteiger partial charge < -0.3 is 5.32 Å².